The number of rotatable bonds is 6. The van der Waals surface area contributed by atoms with Gasteiger partial charge in [0.2, 0.25) is 0 Å². The molecule has 0 saturated carbocycles. The molecule has 1 atom stereocenters. The average Bonchev–Trinajstić information content (AvgIpc) is 2.57. The van der Waals surface area contributed by atoms with E-state index in [1.807, 2.05) is 20.8 Å². The van der Waals surface area contributed by atoms with Crippen LogP contribution in [-0.2, 0) is 13.5 Å². The fourth-order valence-corrected chi connectivity index (χ4v) is 2.05. The minimum absolute atomic E-state index is 0.00586. The molecule has 18 heavy (non-hydrogen) atoms. The number of hydrogen-bond donors (Lipinski definition) is 1. The lowest BCUT2D eigenvalue weighted by atomic mass is 10.0. The van der Waals surface area contributed by atoms with Gasteiger partial charge in [-0.1, -0.05) is 27.2 Å². The summed E-state index contributed by atoms with van der Waals surface area (Å²) in [7, 11) is 1.69. The molecule has 1 aromatic heterocycles. The molecule has 102 valence electrons. The van der Waals surface area contributed by atoms with Gasteiger partial charge in [0, 0.05) is 19.4 Å². The summed E-state index contributed by atoms with van der Waals surface area (Å²) in [4.78, 5) is 10.8. The quantitative estimate of drug-likeness (QED) is 0.623. The molecule has 6 nitrogen and oxygen atoms in total. The van der Waals surface area contributed by atoms with Gasteiger partial charge in [-0.05, 0) is 6.42 Å². The molecule has 1 rings (SSSR count). The van der Waals surface area contributed by atoms with Gasteiger partial charge in [-0.25, -0.2) is 0 Å². The SMILES string of the molecule is CCCC(O)Cc1c([N+](=O)[O-])c(C(C)C)nn1C. The van der Waals surface area contributed by atoms with Crippen LogP contribution in [0.25, 0.3) is 0 Å². The molecule has 1 unspecified atom stereocenters. The first-order valence-electron chi connectivity index (χ1n) is 6.26. The summed E-state index contributed by atoms with van der Waals surface area (Å²) in [5.41, 5.74) is 1.05. The van der Waals surface area contributed by atoms with Crippen LogP contribution >= 0.6 is 0 Å². The average molecular weight is 255 g/mol. The summed E-state index contributed by atoms with van der Waals surface area (Å²) in [6, 6.07) is 0. The van der Waals surface area contributed by atoms with Crippen LogP contribution in [0.1, 0.15) is 50.9 Å². The van der Waals surface area contributed by atoms with Crippen LogP contribution in [0.3, 0.4) is 0 Å². The highest BCUT2D eigenvalue weighted by Gasteiger charge is 2.29. The van der Waals surface area contributed by atoms with E-state index in [0.29, 0.717) is 17.8 Å². The maximum atomic E-state index is 11.2. The van der Waals surface area contributed by atoms with Crippen molar-refractivity contribution in [3.05, 3.63) is 21.5 Å². The van der Waals surface area contributed by atoms with Crippen LogP contribution in [-0.4, -0.2) is 25.9 Å². The third kappa shape index (κ3) is 3.07. The van der Waals surface area contributed by atoms with Crippen molar-refractivity contribution in [2.24, 2.45) is 7.05 Å². The first-order valence-corrected chi connectivity index (χ1v) is 6.26. The topological polar surface area (TPSA) is 81.2 Å². The predicted molar refractivity (Wildman–Crippen MR) is 68.6 cm³/mol. The van der Waals surface area contributed by atoms with Crippen LogP contribution in [0, 0.1) is 10.1 Å². The third-order valence-electron chi connectivity index (χ3n) is 2.94. The van der Waals surface area contributed by atoms with Crippen LogP contribution in [0.2, 0.25) is 0 Å². The molecule has 1 heterocycles. The number of nitrogens with zero attached hydrogens (tertiary/aromatic N) is 3. The monoisotopic (exact) mass is 255 g/mol. The standard InChI is InChI=1S/C12H21N3O3/c1-5-6-9(16)7-10-12(15(17)18)11(8(2)3)13-14(10)4/h8-9,16H,5-7H2,1-4H3. The second kappa shape index (κ2) is 5.95. The van der Waals surface area contributed by atoms with Gasteiger partial charge in [0.1, 0.15) is 11.4 Å². The molecule has 6 heteroatoms. The van der Waals surface area contributed by atoms with Crippen LogP contribution in [0.15, 0.2) is 0 Å². The molecule has 0 aliphatic rings. The molecule has 0 spiro atoms. The van der Waals surface area contributed by atoms with E-state index in [2.05, 4.69) is 5.10 Å². The molecular weight excluding hydrogens is 234 g/mol. The molecule has 0 aliphatic carbocycles. The predicted octanol–water partition coefficient (Wildman–Crippen LogP) is 2.16. The van der Waals surface area contributed by atoms with E-state index in [9.17, 15) is 15.2 Å². The largest absolute Gasteiger partial charge is 0.393 e. The zero-order chi connectivity index (χ0) is 13.9. The molecule has 0 fully saturated rings. The van der Waals surface area contributed by atoms with Crippen LogP contribution < -0.4 is 0 Å². The molecule has 0 saturated heterocycles. The Morgan fingerprint density at radius 1 is 1.50 bits per heavy atom. The fourth-order valence-electron chi connectivity index (χ4n) is 2.05. The molecular formula is C12H21N3O3. The van der Waals surface area contributed by atoms with Gasteiger partial charge in [0.15, 0.2) is 0 Å². The minimum atomic E-state index is -0.552. The lowest BCUT2D eigenvalue weighted by Crippen LogP contribution is -2.14. The van der Waals surface area contributed by atoms with Crippen molar-refractivity contribution in [2.45, 2.75) is 52.1 Å². The van der Waals surface area contributed by atoms with E-state index in [-0.39, 0.29) is 18.0 Å². The maximum Gasteiger partial charge on any atom is 0.313 e. The highest BCUT2D eigenvalue weighted by atomic mass is 16.6. The van der Waals surface area contributed by atoms with E-state index < -0.39 is 11.0 Å². The lowest BCUT2D eigenvalue weighted by molar-refractivity contribution is -0.386. The Morgan fingerprint density at radius 2 is 2.11 bits per heavy atom. The number of hydrogen-bond acceptors (Lipinski definition) is 4. The lowest BCUT2D eigenvalue weighted by Gasteiger charge is -2.08. The first-order chi connectivity index (χ1) is 8.38. The summed E-state index contributed by atoms with van der Waals surface area (Å²) in [5, 5.41) is 25.2. The molecule has 0 aromatic carbocycles. The zero-order valence-electron chi connectivity index (χ0n) is 11.4. The number of nitro groups is 1. The minimum Gasteiger partial charge on any atom is -0.393 e. The van der Waals surface area contributed by atoms with Gasteiger partial charge in [-0.3, -0.25) is 14.8 Å². The summed E-state index contributed by atoms with van der Waals surface area (Å²) < 4.78 is 1.52. The smallest absolute Gasteiger partial charge is 0.313 e. The van der Waals surface area contributed by atoms with Crippen molar-refractivity contribution >= 4 is 5.69 Å². The van der Waals surface area contributed by atoms with E-state index in [1.165, 1.54) is 4.68 Å². The highest BCUT2D eigenvalue weighted by Crippen LogP contribution is 2.30. The number of aryl methyl sites for hydroxylation is 1. The summed E-state index contributed by atoms with van der Waals surface area (Å²) >= 11 is 0. The van der Waals surface area contributed by atoms with Crippen molar-refractivity contribution in [2.75, 3.05) is 0 Å². The molecule has 0 radical (unpaired) electrons. The van der Waals surface area contributed by atoms with E-state index in [0.717, 1.165) is 6.42 Å². The van der Waals surface area contributed by atoms with Gasteiger partial charge in [0.05, 0.1) is 11.0 Å². The van der Waals surface area contributed by atoms with Crippen molar-refractivity contribution in [3.8, 4) is 0 Å². The van der Waals surface area contributed by atoms with Crippen LogP contribution in [0.4, 0.5) is 5.69 Å². The molecule has 0 bridgehead atoms. The summed E-state index contributed by atoms with van der Waals surface area (Å²) in [6.07, 6.45) is 1.22. The maximum absolute atomic E-state index is 11.2. The van der Waals surface area contributed by atoms with Gasteiger partial charge < -0.3 is 5.11 Å². The first kappa shape index (κ1) is 14.6. The van der Waals surface area contributed by atoms with Crippen molar-refractivity contribution in [1.82, 2.24) is 9.78 Å². The van der Waals surface area contributed by atoms with Crippen LogP contribution in [0.5, 0.6) is 0 Å². The Morgan fingerprint density at radius 3 is 2.56 bits per heavy atom. The number of aromatic nitrogens is 2. The number of aliphatic hydroxyl groups is 1. The second-order valence-electron chi connectivity index (χ2n) is 4.86. The van der Waals surface area contributed by atoms with Gasteiger partial charge in [-0.2, -0.15) is 5.10 Å². The normalized spacial score (nSPS) is 13.0. The van der Waals surface area contributed by atoms with Gasteiger partial charge >= 0.3 is 5.69 Å². The zero-order valence-corrected chi connectivity index (χ0v) is 11.4. The van der Waals surface area contributed by atoms with E-state index in [1.54, 1.807) is 7.05 Å². The molecule has 0 aliphatic heterocycles. The van der Waals surface area contributed by atoms with Gasteiger partial charge in [-0.15, -0.1) is 0 Å². The third-order valence-corrected chi connectivity index (χ3v) is 2.94. The molecule has 0 amide bonds. The van der Waals surface area contributed by atoms with Crippen molar-refractivity contribution < 1.29 is 10.0 Å². The van der Waals surface area contributed by atoms with E-state index in [4.69, 9.17) is 0 Å². The Bertz CT molecular complexity index is 426. The fraction of sp³-hybridized carbons (Fsp3) is 0.750. The highest BCUT2D eigenvalue weighted by molar-refractivity contribution is 5.43. The Kier molecular flexibility index (Phi) is 4.84. The number of aliphatic hydroxyl groups excluding tert-OH is 1. The molecule has 1 aromatic rings. The Balaban J connectivity index is 3.13. The summed E-state index contributed by atoms with van der Waals surface area (Å²) in [6.45, 7) is 5.73. The Hall–Kier alpha value is -1.43. The molecule has 1 N–H and O–H groups in total. The second-order valence-corrected chi connectivity index (χ2v) is 4.86. The van der Waals surface area contributed by atoms with Crippen molar-refractivity contribution in [3.63, 3.8) is 0 Å². The Labute approximate surface area is 107 Å². The van der Waals surface area contributed by atoms with Crippen molar-refractivity contribution in [1.29, 1.82) is 0 Å². The summed E-state index contributed by atoms with van der Waals surface area (Å²) in [5.74, 6) is -0.00586. The van der Waals surface area contributed by atoms with E-state index >= 15 is 0 Å². The van der Waals surface area contributed by atoms with Gasteiger partial charge in [0.25, 0.3) is 0 Å².